The predicted molar refractivity (Wildman–Crippen MR) is 113 cm³/mol. The second-order valence-corrected chi connectivity index (χ2v) is 9.07. The van der Waals surface area contributed by atoms with Gasteiger partial charge in [0, 0.05) is 57.3 Å². The van der Waals surface area contributed by atoms with E-state index in [-0.39, 0.29) is 5.91 Å². The molecule has 4 rings (SSSR count). The molecule has 3 fully saturated rings. The van der Waals surface area contributed by atoms with Crippen molar-refractivity contribution >= 4 is 5.91 Å². The Bertz CT molecular complexity index is 625. The Morgan fingerprint density at radius 1 is 1.00 bits per heavy atom. The summed E-state index contributed by atoms with van der Waals surface area (Å²) in [7, 11) is 0. The Hall–Kier alpha value is -1.43. The fourth-order valence-corrected chi connectivity index (χ4v) is 4.96. The molecule has 3 N–H and O–H groups in total. The molecular formula is C23H36N4O. The number of hydrogen-bond donors (Lipinski definition) is 2. The van der Waals surface area contributed by atoms with Gasteiger partial charge < -0.3 is 11.1 Å². The molecule has 0 spiro atoms. The molecule has 2 heterocycles. The van der Waals surface area contributed by atoms with Crippen molar-refractivity contribution in [3.8, 4) is 0 Å². The number of carbonyl (C=O) groups excluding carboxylic acids is 1. The van der Waals surface area contributed by atoms with Crippen LogP contribution in [0.2, 0.25) is 0 Å². The molecule has 0 radical (unpaired) electrons. The van der Waals surface area contributed by atoms with E-state index in [1.54, 1.807) is 0 Å². The van der Waals surface area contributed by atoms with Crippen LogP contribution in [0.4, 0.5) is 0 Å². The fraction of sp³-hybridized carbons (Fsp3) is 0.696. The maximum atomic E-state index is 12.7. The van der Waals surface area contributed by atoms with Crippen LogP contribution in [0.1, 0.15) is 50.5 Å². The van der Waals surface area contributed by atoms with Gasteiger partial charge in [0.25, 0.3) is 0 Å². The number of carbonyl (C=O) groups is 1. The Balaban J connectivity index is 1.20. The molecule has 0 unspecified atom stereocenters. The first-order valence-electron chi connectivity index (χ1n) is 11.2. The van der Waals surface area contributed by atoms with E-state index < -0.39 is 0 Å². The van der Waals surface area contributed by atoms with E-state index in [2.05, 4.69) is 45.4 Å². The van der Waals surface area contributed by atoms with Crippen molar-refractivity contribution in [3.05, 3.63) is 35.9 Å². The second-order valence-electron chi connectivity index (χ2n) is 9.07. The zero-order chi connectivity index (χ0) is 19.3. The van der Waals surface area contributed by atoms with Crippen molar-refractivity contribution in [2.45, 2.75) is 69.6 Å². The average Bonchev–Trinajstić information content (AvgIpc) is 3.45. The van der Waals surface area contributed by atoms with Gasteiger partial charge in [0.2, 0.25) is 5.91 Å². The molecule has 154 valence electrons. The highest BCUT2D eigenvalue weighted by Crippen LogP contribution is 2.35. The third kappa shape index (κ3) is 5.34. The largest absolute Gasteiger partial charge is 0.353 e. The van der Waals surface area contributed by atoms with Crippen LogP contribution in [0.25, 0.3) is 0 Å². The van der Waals surface area contributed by atoms with E-state index >= 15 is 0 Å². The number of benzene rings is 1. The lowest BCUT2D eigenvalue weighted by Crippen LogP contribution is -2.47. The molecule has 1 amide bonds. The Morgan fingerprint density at radius 3 is 2.39 bits per heavy atom. The van der Waals surface area contributed by atoms with Crippen LogP contribution in [-0.2, 0) is 11.3 Å². The summed E-state index contributed by atoms with van der Waals surface area (Å²) in [4.78, 5) is 17.8. The molecule has 1 aliphatic carbocycles. The SMILES string of the molecule is NC[C@H]1CC[C@@H](CC(=O)NC2CCN(Cc3ccccc3)CC2)N1CC1CC1. The van der Waals surface area contributed by atoms with E-state index in [4.69, 9.17) is 5.73 Å². The lowest BCUT2D eigenvalue weighted by atomic mass is 10.0. The molecule has 0 aromatic heterocycles. The fourth-order valence-electron chi connectivity index (χ4n) is 4.96. The first-order chi connectivity index (χ1) is 13.7. The van der Waals surface area contributed by atoms with Crippen LogP contribution < -0.4 is 11.1 Å². The number of piperidine rings is 1. The Labute approximate surface area is 169 Å². The topological polar surface area (TPSA) is 61.6 Å². The second kappa shape index (κ2) is 9.38. The smallest absolute Gasteiger partial charge is 0.221 e. The molecule has 2 aliphatic heterocycles. The third-order valence-electron chi connectivity index (χ3n) is 6.83. The highest BCUT2D eigenvalue weighted by Gasteiger charge is 2.37. The number of rotatable bonds is 8. The molecule has 2 atom stereocenters. The third-order valence-corrected chi connectivity index (χ3v) is 6.83. The van der Waals surface area contributed by atoms with Gasteiger partial charge in [-0.25, -0.2) is 0 Å². The van der Waals surface area contributed by atoms with Crippen molar-refractivity contribution in [1.82, 2.24) is 15.1 Å². The zero-order valence-corrected chi connectivity index (χ0v) is 17.1. The van der Waals surface area contributed by atoms with E-state index in [1.165, 1.54) is 18.4 Å². The molecule has 3 aliphatic rings. The minimum Gasteiger partial charge on any atom is -0.353 e. The number of nitrogens with zero attached hydrogens (tertiary/aromatic N) is 2. The van der Waals surface area contributed by atoms with Gasteiger partial charge in [-0.15, -0.1) is 0 Å². The summed E-state index contributed by atoms with van der Waals surface area (Å²) in [6.07, 6.45) is 7.74. The number of amides is 1. The number of likely N-dealkylation sites (tertiary alicyclic amines) is 2. The predicted octanol–water partition coefficient (Wildman–Crippen LogP) is 2.36. The molecular weight excluding hydrogens is 348 g/mol. The van der Waals surface area contributed by atoms with E-state index in [0.717, 1.165) is 64.3 Å². The summed E-state index contributed by atoms with van der Waals surface area (Å²) in [6.45, 7) is 5.02. The quantitative estimate of drug-likeness (QED) is 0.722. The van der Waals surface area contributed by atoms with Crippen LogP contribution in [-0.4, -0.2) is 60.0 Å². The highest BCUT2D eigenvalue weighted by atomic mass is 16.1. The molecule has 1 saturated carbocycles. The minimum atomic E-state index is 0.241. The summed E-state index contributed by atoms with van der Waals surface area (Å²) in [6, 6.07) is 11.9. The van der Waals surface area contributed by atoms with Crippen LogP contribution in [0.3, 0.4) is 0 Å². The van der Waals surface area contributed by atoms with Crippen LogP contribution in [0, 0.1) is 5.92 Å². The van der Waals surface area contributed by atoms with E-state index in [1.807, 2.05) is 0 Å². The summed E-state index contributed by atoms with van der Waals surface area (Å²) in [5.41, 5.74) is 7.36. The summed E-state index contributed by atoms with van der Waals surface area (Å²) in [5, 5.41) is 3.33. The van der Waals surface area contributed by atoms with Gasteiger partial charge in [-0.05, 0) is 50.0 Å². The van der Waals surface area contributed by atoms with Crippen molar-refractivity contribution in [1.29, 1.82) is 0 Å². The summed E-state index contributed by atoms with van der Waals surface area (Å²) < 4.78 is 0. The van der Waals surface area contributed by atoms with Gasteiger partial charge in [0.05, 0.1) is 0 Å². The van der Waals surface area contributed by atoms with Crippen LogP contribution in [0.5, 0.6) is 0 Å². The molecule has 1 aromatic carbocycles. The lowest BCUT2D eigenvalue weighted by Gasteiger charge is -2.33. The van der Waals surface area contributed by atoms with Crippen LogP contribution >= 0.6 is 0 Å². The molecule has 5 nitrogen and oxygen atoms in total. The first-order valence-corrected chi connectivity index (χ1v) is 11.2. The van der Waals surface area contributed by atoms with Crippen LogP contribution in [0.15, 0.2) is 30.3 Å². The summed E-state index contributed by atoms with van der Waals surface area (Å²) in [5.74, 6) is 1.09. The minimum absolute atomic E-state index is 0.241. The van der Waals surface area contributed by atoms with Gasteiger partial charge in [-0.3, -0.25) is 14.6 Å². The van der Waals surface area contributed by atoms with Crippen molar-refractivity contribution in [3.63, 3.8) is 0 Å². The van der Waals surface area contributed by atoms with E-state index in [0.29, 0.717) is 24.5 Å². The Kier molecular flexibility index (Phi) is 6.65. The van der Waals surface area contributed by atoms with E-state index in [9.17, 15) is 4.79 Å². The normalized spacial score (nSPS) is 27.2. The first kappa shape index (κ1) is 19.9. The maximum absolute atomic E-state index is 12.7. The lowest BCUT2D eigenvalue weighted by molar-refractivity contribution is -0.123. The number of nitrogens with two attached hydrogens (primary N) is 1. The van der Waals surface area contributed by atoms with Gasteiger partial charge in [-0.2, -0.15) is 0 Å². The highest BCUT2D eigenvalue weighted by molar-refractivity contribution is 5.77. The average molecular weight is 385 g/mol. The molecule has 5 heteroatoms. The molecule has 2 saturated heterocycles. The van der Waals surface area contributed by atoms with Crippen molar-refractivity contribution in [2.75, 3.05) is 26.2 Å². The molecule has 28 heavy (non-hydrogen) atoms. The number of hydrogen-bond acceptors (Lipinski definition) is 4. The molecule has 1 aromatic rings. The van der Waals surface area contributed by atoms with Gasteiger partial charge >= 0.3 is 0 Å². The zero-order valence-electron chi connectivity index (χ0n) is 17.1. The maximum Gasteiger partial charge on any atom is 0.221 e. The number of nitrogens with one attached hydrogen (secondary N) is 1. The molecule has 0 bridgehead atoms. The summed E-state index contributed by atoms with van der Waals surface area (Å²) >= 11 is 0. The standard InChI is InChI=1S/C23H36N4O/c24-15-22-9-8-21(27(22)17-19-6-7-19)14-23(28)25-20-10-12-26(13-11-20)16-18-4-2-1-3-5-18/h1-5,19-22H,6-17,24H2,(H,25,28)/t21-,22+/m0/s1. The van der Waals surface area contributed by atoms with Gasteiger partial charge in [-0.1, -0.05) is 30.3 Å². The van der Waals surface area contributed by atoms with Crippen molar-refractivity contribution in [2.24, 2.45) is 11.7 Å². The Morgan fingerprint density at radius 2 is 1.71 bits per heavy atom. The van der Waals surface area contributed by atoms with Crippen molar-refractivity contribution < 1.29 is 4.79 Å². The monoisotopic (exact) mass is 384 g/mol. The van der Waals surface area contributed by atoms with Gasteiger partial charge in [0.15, 0.2) is 0 Å². The van der Waals surface area contributed by atoms with Gasteiger partial charge in [0.1, 0.15) is 0 Å².